The largest absolute Gasteiger partial charge is 0.488 e. The van der Waals surface area contributed by atoms with Gasteiger partial charge < -0.3 is 15.8 Å². The molecule has 2 aromatic carbocycles. The fraction of sp³-hybridized carbons (Fsp3) is 0.278. The highest BCUT2D eigenvalue weighted by Crippen LogP contribution is 2.22. The third-order valence-corrected chi connectivity index (χ3v) is 4.13. The number of rotatable bonds is 7. The van der Waals surface area contributed by atoms with Crippen LogP contribution in [0.2, 0.25) is 0 Å². The number of nitrogens with one attached hydrogen (secondary N) is 1. The first-order chi connectivity index (χ1) is 11.1. The number of nitrogens with two attached hydrogens (primary N) is 1. The van der Waals surface area contributed by atoms with Crippen LogP contribution < -0.4 is 15.8 Å². The molecule has 0 bridgehead atoms. The van der Waals surface area contributed by atoms with E-state index in [2.05, 4.69) is 21.2 Å². The Morgan fingerprint density at radius 1 is 1.21 bits per heavy atom. The van der Waals surface area contributed by atoms with Gasteiger partial charge in [0, 0.05) is 22.6 Å². The molecule has 2 aromatic rings. The quantitative estimate of drug-likeness (QED) is 0.723. The van der Waals surface area contributed by atoms with Crippen LogP contribution in [0, 0.1) is 0 Å². The van der Waals surface area contributed by atoms with Gasteiger partial charge in [0.25, 0.3) is 5.91 Å². The topological polar surface area (TPSA) is 64.3 Å². The van der Waals surface area contributed by atoms with Crippen LogP contribution in [0.25, 0.3) is 0 Å². The number of carbonyl (C=O) groups is 1. The van der Waals surface area contributed by atoms with Crippen LogP contribution in [0.15, 0.2) is 53.0 Å². The number of carbonyl (C=O) groups excluding carboxylic acids is 1. The van der Waals surface area contributed by atoms with Crippen LogP contribution in [0.1, 0.15) is 29.3 Å². The summed E-state index contributed by atoms with van der Waals surface area (Å²) < 4.78 is 6.82. The Hall–Kier alpha value is -1.56. The van der Waals surface area contributed by atoms with Crippen molar-refractivity contribution in [2.45, 2.75) is 26.0 Å². The molecule has 0 saturated heterocycles. The number of hydrogen-bond acceptors (Lipinski definition) is 3. The Balaban J connectivity index is 0.00000288. The zero-order valence-electron chi connectivity index (χ0n) is 13.5. The van der Waals surface area contributed by atoms with Gasteiger partial charge in [-0.15, -0.1) is 12.4 Å². The predicted molar refractivity (Wildman–Crippen MR) is 103 cm³/mol. The fourth-order valence-corrected chi connectivity index (χ4v) is 2.46. The Morgan fingerprint density at radius 2 is 1.88 bits per heavy atom. The van der Waals surface area contributed by atoms with E-state index >= 15 is 0 Å². The van der Waals surface area contributed by atoms with Gasteiger partial charge in [-0.05, 0) is 31.5 Å². The van der Waals surface area contributed by atoms with Crippen molar-refractivity contribution in [2.75, 3.05) is 6.54 Å². The van der Waals surface area contributed by atoms with Crippen molar-refractivity contribution in [1.82, 2.24) is 5.32 Å². The Bertz CT molecular complexity index is 665. The third kappa shape index (κ3) is 6.15. The molecule has 0 aromatic heterocycles. The molecular formula is C18H22BrClN2O2. The lowest BCUT2D eigenvalue weighted by Crippen LogP contribution is -2.29. The van der Waals surface area contributed by atoms with Gasteiger partial charge in [0.05, 0.1) is 5.56 Å². The number of benzene rings is 2. The molecule has 0 aliphatic carbocycles. The highest BCUT2D eigenvalue weighted by atomic mass is 79.9. The summed E-state index contributed by atoms with van der Waals surface area (Å²) in [7, 11) is 0. The predicted octanol–water partition coefficient (Wildman–Crippen LogP) is 3.92. The van der Waals surface area contributed by atoms with Crippen LogP contribution in [-0.4, -0.2) is 18.5 Å². The maximum atomic E-state index is 12.3. The highest BCUT2D eigenvalue weighted by molar-refractivity contribution is 9.10. The molecule has 1 atom stereocenters. The van der Waals surface area contributed by atoms with Gasteiger partial charge in [0.1, 0.15) is 12.4 Å². The minimum Gasteiger partial charge on any atom is -0.488 e. The van der Waals surface area contributed by atoms with Crippen molar-refractivity contribution >= 4 is 34.2 Å². The van der Waals surface area contributed by atoms with Gasteiger partial charge >= 0.3 is 0 Å². The molecule has 1 amide bonds. The summed E-state index contributed by atoms with van der Waals surface area (Å²) in [5.74, 6) is 0.426. The smallest absolute Gasteiger partial charge is 0.255 e. The van der Waals surface area contributed by atoms with E-state index in [9.17, 15) is 4.79 Å². The molecule has 6 heteroatoms. The second-order valence-electron chi connectivity index (χ2n) is 5.40. The molecule has 3 N–H and O–H groups in total. The van der Waals surface area contributed by atoms with Gasteiger partial charge in [-0.25, -0.2) is 0 Å². The number of ether oxygens (including phenoxy) is 1. The zero-order chi connectivity index (χ0) is 16.7. The maximum Gasteiger partial charge on any atom is 0.255 e. The molecule has 0 spiro atoms. The van der Waals surface area contributed by atoms with E-state index in [-0.39, 0.29) is 24.4 Å². The molecule has 0 aliphatic heterocycles. The molecule has 4 nitrogen and oxygen atoms in total. The lowest BCUT2D eigenvalue weighted by molar-refractivity contribution is 0.0948. The standard InChI is InChI=1S/C18H21BrN2O2.ClH/c1-13(20)10-11-21-18(22)15-7-3-5-9-17(15)23-12-14-6-2-4-8-16(14)19;/h2-9,13H,10-12,20H2,1H3,(H,21,22);1H. The van der Waals surface area contributed by atoms with Gasteiger partial charge in [0.15, 0.2) is 0 Å². The Labute approximate surface area is 157 Å². The number of amides is 1. The van der Waals surface area contributed by atoms with Crippen LogP contribution in [0.3, 0.4) is 0 Å². The van der Waals surface area contributed by atoms with Crippen molar-refractivity contribution in [3.8, 4) is 5.75 Å². The van der Waals surface area contributed by atoms with Crippen LogP contribution in [-0.2, 0) is 6.61 Å². The highest BCUT2D eigenvalue weighted by Gasteiger charge is 2.12. The van der Waals surface area contributed by atoms with E-state index in [0.717, 1.165) is 16.5 Å². The van der Waals surface area contributed by atoms with Crippen molar-refractivity contribution in [1.29, 1.82) is 0 Å². The fourth-order valence-electron chi connectivity index (χ4n) is 2.06. The van der Waals surface area contributed by atoms with E-state index in [1.807, 2.05) is 43.3 Å². The average molecular weight is 414 g/mol. The third-order valence-electron chi connectivity index (χ3n) is 3.36. The first kappa shape index (κ1) is 20.5. The van der Waals surface area contributed by atoms with Crippen molar-refractivity contribution in [2.24, 2.45) is 5.73 Å². The second kappa shape index (κ2) is 10.3. The van der Waals surface area contributed by atoms with Crippen LogP contribution in [0.4, 0.5) is 0 Å². The van der Waals surface area contributed by atoms with E-state index in [1.54, 1.807) is 12.1 Å². The normalized spacial score (nSPS) is 11.3. The zero-order valence-corrected chi connectivity index (χ0v) is 15.9. The molecule has 0 radical (unpaired) electrons. The minimum atomic E-state index is -0.145. The summed E-state index contributed by atoms with van der Waals surface area (Å²) in [5, 5.41) is 2.87. The van der Waals surface area contributed by atoms with Gasteiger partial charge in [-0.2, -0.15) is 0 Å². The van der Waals surface area contributed by atoms with Gasteiger partial charge in [-0.1, -0.05) is 46.3 Å². The maximum absolute atomic E-state index is 12.3. The SMILES string of the molecule is CC(N)CCNC(=O)c1ccccc1OCc1ccccc1Br.Cl. The second-order valence-corrected chi connectivity index (χ2v) is 6.25. The van der Waals surface area contributed by atoms with Crippen LogP contribution >= 0.6 is 28.3 Å². The molecule has 130 valence electrons. The molecule has 0 heterocycles. The summed E-state index contributed by atoms with van der Waals surface area (Å²) in [5.41, 5.74) is 7.25. The van der Waals surface area contributed by atoms with Crippen molar-refractivity contribution < 1.29 is 9.53 Å². The summed E-state index contributed by atoms with van der Waals surface area (Å²) >= 11 is 3.49. The summed E-state index contributed by atoms with van der Waals surface area (Å²) in [6.45, 7) is 2.86. The van der Waals surface area contributed by atoms with E-state index in [4.69, 9.17) is 10.5 Å². The average Bonchev–Trinajstić information content (AvgIpc) is 2.54. The summed E-state index contributed by atoms with van der Waals surface area (Å²) in [6.07, 6.45) is 0.742. The van der Waals surface area contributed by atoms with Crippen LogP contribution in [0.5, 0.6) is 5.75 Å². The molecule has 2 rings (SSSR count). The molecule has 1 unspecified atom stereocenters. The van der Waals surface area contributed by atoms with E-state index < -0.39 is 0 Å². The summed E-state index contributed by atoms with van der Waals surface area (Å²) in [6, 6.07) is 15.2. The number of para-hydroxylation sites is 1. The van der Waals surface area contributed by atoms with Crippen molar-refractivity contribution in [3.63, 3.8) is 0 Å². The monoisotopic (exact) mass is 412 g/mol. The minimum absolute atomic E-state index is 0. The first-order valence-corrected chi connectivity index (χ1v) is 8.36. The molecular weight excluding hydrogens is 392 g/mol. The van der Waals surface area contributed by atoms with Gasteiger partial charge in [-0.3, -0.25) is 4.79 Å². The number of hydrogen-bond donors (Lipinski definition) is 2. The lowest BCUT2D eigenvalue weighted by Gasteiger charge is -2.13. The molecule has 0 fully saturated rings. The Kier molecular flexibility index (Phi) is 8.82. The van der Waals surface area contributed by atoms with E-state index in [0.29, 0.717) is 24.5 Å². The summed E-state index contributed by atoms with van der Waals surface area (Å²) in [4.78, 5) is 12.3. The van der Waals surface area contributed by atoms with E-state index in [1.165, 1.54) is 0 Å². The molecule has 0 aliphatic rings. The lowest BCUT2D eigenvalue weighted by atomic mass is 10.1. The van der Waals surface area contributed by atoms with Gasteiger partial charge in [0.2, 0.25) is 0 Å². The molecule has 0 saturated carbocycles. The number of halogens is 2. The van der Waals surface area contributed by atoms with Crippen molar-refractivity contribution in [3.05, 3.63) is 64.1 Å². The Morgan fingerprint density at radius 3 is 2.58 bits per heavy atom. The molecule has 24 heavy (non-hydrogen) atoms. The first-order valence-electron chi connectivity index (χ1n) is 7.57.